The van der Waals surface area contributed by atoms with Crippen LogP contribution in [-0.4, -0.2) is 22.0 Å². The molecule has 9 heteroatoms. The number of amides is 2. The molecule has 4 nitrogen and oxygen atoms in total. The number of hydrogen-bond donors (Lipinski definition) is 1. The van der Waals surface area contributed by atoms with E-state index in [9.17, 15) is 22.4 Å². The molecule has 0 unspecified atom stereocenters. The van der Waals surface area contributed by atoms with Crippen molar-refractivity contribution in [2.75, 3.05) is 5.32 Å². The Bertz CT molecular complexity index is 725. The van der Waals surface area contributed by atoms with Gasteiger partial charge in [-0.2, -0.15) is 13.2 Å². The molecule has 24 heavy (non-hydrogen) atoms. The van der Waals surface area contributed by atoms with Crippen molar-refractivity contribution < 1.29 is 22.4 Å². The van der Waals surface area contributed by atoms with Gasteiger partial charge in [-0.05, 0) is 30.5 Å². The van der Waals surface area contributed by atoms with Crippen LogP contribution in [-0.2, 0) is 12.7 Å². The van der Waals surface area contributed by atoms with Crippen molar-refractivity contribution in [3.8, 4) is 0 Å². The van der Waals surface area contributed by atoms with Crippen LogP contribution in [0.4, 0.5) is 27.5 Å². The SMILES string of the molecule is O=C(Nc1nc(C(F)(F)F)cs1)N(Cc1ccc(F)cc1)C1CC1. The summed E-state index contributed by atoms with van der Waals surface area (Å²) in [7, 11) is 0. The van der Waals surface area contributed by atoms with Gasteiger partial charge in [-0.25, -0.2) is 14.2 Å². The first kappa shape index (κ1) is 16.7. The van der Waals surface area contributed by atoms with Gasteiger partial charge in [-0.3, -0.25) is 5.32 Å². The molecule has 1 N–H and O–H groups in total. The highest BCUT2D eigenvalue weighted by Gasteiger charge is 2.35. The van der Waals surface area contributed by atoms with E-state index in [-0.39, 0.29) is 23.5 Å². The molecule has 2 amide bonds. The number of hydrogen-bond acceptors (Lipinski definition) is 3. The standard InChI is InChI=1S/C15H13F4N3OS/c16-10-3-1-9(2-4-10)7-22(11-5-6-11)14(23)21-13-20-12(8-24-13)15(17,18)19/h1-4,8,11H,5-7H2,(H,20,21,23). The molecule has 1 fully saturated rings. The molecule has 1 aromatic heterocycles. The summed E-state index contributed by atoms with van der Waals surface area (Å²) < 4.78 is 50.6. The lowest BCUT2D eigenvalue weighted by atomic mass is 10.2. The number of anilines is 1. The van der Waals surface area contributed by atoms with E-state index < -0.39 is 17.9 Å². The largest absolute Gasteiger partial charge is 0.434 e. The number of urea groups is 1. The quantitative estimate of drug-likeness (QED) is 0.817. The Hall–Kier alpha value is -2.16. The van der Waals surface area contributed by atoms with Gasteiger partial charge < -0.3 is 4.90 Å². The molecule has 0 spiro atoms. The second kappa shape index (κ2) is 6.39. The maximum atomic E-state index is 12.9. The second-order valence-electron chi connectivity index (χ2n) is 5.45. The van der Waals surface area contributed by atoms with Crippen molar-refractivity contribution in [2.24, 2.45) is 0 Å². The van der Waals surface area contributed by atoms with E-state index in [0.29, 0.717) is 0 Å². The molecule has 0 saturated heterocycles. The number of benzene rings is 1. The maximum Gasteiger partial charge on any atom is 0.434 e. The summed E-state index contributed by atoms with van der Waals surface area (Å²) in [6.07, 6.45) is -2.87. The number of alkyl halides is 3. The number of aromatic nitrogens is 1. The minimum absolute atomic E-state index is 0.0390. The fourth-order valence-corrected chi connectivity index (χ4v) is 2.87. The van der Waals surface area contributed by atoms with E-state index in [4.69, 9.17) is 0 Å². The zero-order valence-electron chi connectivity index (χ0n) is 12.3. The van der Waals surface area contributed by atoms with E-state index in [1.807, 2.05) is 0 Å². The average Bonchev–Trinajstić information content (AvgIpc) is 3.23. The van der Waals surface area contributed by atoms with Crippen LogP contribution in [0.2, 0.25) is 0 Å². The Balaban J connectivity index is 1.68. The van der Waals surface area contributed by atoms with Gasteiger partial charge in [0.1, 0.15) is 5.82 Å². The first-order chi connectivity index (χ1) is 11.3. The van der Waals surface area contributed by atoms with Crippen LogP contribution in [0.3, 0.4) is 0 Å². The molecule has 1 aromatic carbocycles. The third-order valence-corrected chi connectivity index (χ3v) is 4.28. The summed E-state index contributed by atoms with van der Waals surface area (Å²) in [6.45, 7) is 0.258. The van der Waals surface area contributed by atoms with Crippen LogP contribution >= 0.6 is 11.3 Å². The molecule has 1 heterocycles. The molecule has 0 atom stereocenters. The van der Waals surface area contributed by atoms with Gasteiger partial charge in [0.25, 0.3) is 0 Å². The van der Waals surface area contributed by atoms with Crippen LogP contribution in [0.25, 0.3) is 0 Å². The van der Waals surface area contributed by atoms with Gasteiger partial charge in [0.2, 0.25) is 0 Å². The molecule has 3 rings (SSSR count). The maximum absolute atomic E-state index is 12.9. The molecule has 1 aliphatic carbocycles. The van der Waals surface area contributed by atoms with Crippen LogP contribution in [0.5, 0.6) is 0 Å². The fourth-order valence-electron chi connectivity index (χ4n) is 2.16. The van der Waals surface area contributed by atoms with Crippen LogP contribution in [0.15, 0.2) is 29.6 Å². The van der Waals surface area contributed by atoms with Crippen molar-refractivity contribution in [3.63, 3.8) is 0 Å². The van der Waals surface area contributed by atoms with Gasteiger partial charge in [0, 0.05) is 18.0 Å². The van der Waals surface area contributed by atoms with Crippen molar-refractivity contribution in [3.05, 3.63) is 46.7 Å². The van der Waals surface area contributed by atoms with Crippen LogP contribution in [0.1, 0.15) is 24.1 Å². The summed E-state index contributed by atoms with van der Waals surface area (Å²) in [5.41, 5.74) is -0.284. The monoisotopic (exact) mass is 359 g/mol. The minimum atomic E-state index is -4.54. The van der Waals surface area contributed by atoms with Gasteiger partial charge in [0.05, 0.1) is 0 Å². The third-order valence-electron chi connectivity index (χ3n) is 3.52. The molecule has 1 saturated carbocycles. The molecule has 0 bridgehead atoms. The second-order valence-corrected chi connectivity index (χ2v) is 6.31. The molecule has 0 radical (unpaired) electrons. The number of nitrogens with zero attached hydrogens (tertiary/aromatic N) is 2. The number of rotatable bonds is 4. The van der Waals surface area contributed by atoms with E-state index in [2.05, 4.69) is 10.3 Å². The highest BCUT2D eigenvalue weighted by molar-refractivity contribution is 7.13. The van der Waals surface area contributed by atoms with Crippen LogP contribution < -0.4 is 5.32 Å². The summed E-state index contributed by atoms with van der Waals surface area (Å²) in [4.78, 5) is 17.3. The highest BCUT2D eigenvalue weighted by atomic mass is 32.1. The molecular formula is C15H13F4N3OS. The van der Waals surface area contributed by atoms with E-state index >= 15 is 0 Å². The lowest BCUT2D eigenvalue weighted by molar-refractivity contribution is -0.140. The molecule has 2 aromatic rings. The van der Waals surface area contributed by atoms with Gasteiger partial charge in [-0.1, -0.05) is 12.1 Å². The Kier molecular flexibility index (Phi) is 4.44. The number of nitrogens with one attached hydrogen (secondary N) is 1. The molecule has 0 aliphatic heterocycles. The van der Waals surface area contributed by atoms with Gasteiger partial charge >= 0.3 is 12.2 Å². The topological polar surface area (TPSA) is 45.2 Å². The van der Waals surface area contributed by atoms with E-state index in [0.717, 1.165) is 35.1 Å². The van der Waals surface area contributed by atoms with Crippen molar-refractivity contribution in [2.45, 2.75) is 31.6 Å². The fraction of sp³-hybridized carbons (Fsp3) is 0.333. The van der Waals surface area contributed by atoms with Gasteiger partial charge in [-0.15, -0.1) is 11.3 Å². The lowest BCUT2D eigenvalue weighted by Crippen LogP contribution is -2.36. The predicted octanol–water partition coefficient (Wildman–Crippen LogP) is 4.50. The lowest BCUT2D eigenvalue weighted by Gasteiger charge is -2.22. The van der Waals surface area contributed by atoms with Crippen molar-refractivity contribution in [1.29, 1.82) is 0 Å². The third kappa shape index (κ3) is 4.02. The first-order valence-electron chi connectivity index (χ1n) is 7.18. The predicted molar refractivity (Wildman–Crippen MR) is 81.1 cm³/mol. The first-order valence-corrected chi connectivity index (χ1v) is 8.05. The zero-order valence-corrected chi connectivity index (χ0v) is 13.1. The average molecular weight is 359 g/mol. The van der Waals surface area contributed by atoms with Crippen molar-refractivity contribution >= 4 is 22.5 Å². The normalized spacial score (nSPS) is 14.5. The summed E-state index contributed by atoms with van der Waals surface area (Å²) in [6, 6.07) is 5.28. The molecule has 128 valence electrons. The highest BCUT2D eigenvalue weighted by Crippen LogP contribution is 2.33. The number of carbonyl (C=O) groups is 1. The van der Waals surface area contributed by atoms with Crippen molar-refractivity contribution in [1.82, 2.24) is 9.88 Å². The minimum Gasteiger partial charge on any atom is -0.317 e. The van der Waals surface area contributed by atoms with Crippen LogP contribution in [0, 0.1) is 5.82 Å². The smallest absolute Gasteiger partial charge is 0.317 e. The Morgan fingerprint density at radius 2 is 1.96 bits per heavy atom. The molecule has 1 aliphatic rings. The summed E-state index contributed by atoms with van der Waals surface area (Å²) in [5.74, 6) is -0.372. The summed E-state index contributed by atoms with van der Waals surface area (Å²) >= 11 is 0.723. The van der Waals surface area contributed by atoms with Gasteiger partial charge in [0.15, 0.2) is 10.8 Å². The molecular weight excluding hydrogens is 346 g/mol. The Morgan fingerprint density at radius 3 is 2.50 bits per heavy atom. The number of thiazole rings is 1. The van der Waals surface area contributed by atoms with E-state index in [1.54, 1.807) is 12.1 Å². The zero-order chi connectivity index (χ0) is 17.3. The Labute approximate surface area is 139 Å². The summed E-state index contributed by atoms with van der Waals surface area (Å²) in [5, 5.41) is 3.17. The van der Waals surface area contributed by atoms with E-state index in [1.165, 1.54) is 17.0 Å². The number of halogens is 4. The number of carbonyl (C=O) groups excluding carboxylic acids is 1. The Morgan fingerprint density at radius 1 is 1.29 bits per heavy atom.